The number of aromatic nitrogens is 4. The summed E-state index contributed by atoms with van der Waals surface area (Å²) in [4.78, 5) is 26.5. The molecule has 10 heteroatoms. The number of methoxy groups -OCH3 is 1. The van der Waals surface area contributed by atoms with Gasteiger partial charge >= 0.3 is 11.7 Å². The second-order valence-electron chi connectivity index (χ2n) is 8.93. The van der Waals surface area contributed by atoms with Crippen LogP contribution in [-0.2, 0) is 17.8 Å². The number of benzene rings is 2. The maximum atomic E-state index is 12.8. The molecule has 4 aromatic rings. The largest absolute Gasteiger partial charge is 0.461 e. The number of fused-ring (bicyclic) bond motifs is 1. The number of ether oxygens (including phenoxy) is 2. The lowest BCUT2D eigenvalue weighted by molar-refractivity contribution is 0.141. The Hall–Kier alpha value is -3.40. The zero-order chi connectivity index (χ0) is 25.1. The van der Waals surface area contributed by atoms with Crippen molar-refractivity contribution in [3.8, 4) is 17.1 Å². The molecule has 0 radical (unpaired) electrons. The maximum absolute atomic E-state index is 12.8. The van der Waals surface area contributed by atoms with Gasteiger partial charge in [-0.3, -0.25) is 9.47 Å². The van der Waals surface area contributed by atoms with Gasteiger partial charge in [-0.05, 0) is 60.3 Å². The van der Waals surface area contributed by atoms with E-state index < -0.39 is 0 Å². The predicted molar refractivity (Wildman–Crippen MR) is 140 cm³/mol. The van der Waals surface area contributed by atoms with Gasteiger partial charge < -0.3 is 20.2 Å². The van der Waals surface area contributed by atoms with Crippen molar-refractivity contribution in [1.82, 2.24) is 24.4 Å². The summed E-state index contributed by atoms with van der Waals surface area (Å²) in [5, 5.41) is 0.559. The number of aromatic amines is 1. The minimum atomic E-state index is -0.354. The number of nitrogens with zero attached hydrogens (tertiary/aromatic N) is 4. The fraction of sp³-hybridized carbons (Fsp3) is 0.346. The first kappa shape index (κ1) is 24.3. The van der Waals surface area contributed by atoms with Crippen LogP contribution in [0.3, 0.4) is 0 Å². The summed E-state index contributed by atoms with van der Waals surface area (Å²) in [5.74, 6) is 0.136. The lowest BCUT2D eigenvalue weighted by Gasteiger charge is -2.15. The van der Waals surface area contributed by atoms with Gasteiger partial charge in [0.1, 0.15) is 12.1 Å². The second-order valence-corrected chi connectivity index (χ2v) is 9.34. The van der Waals surface area contributed by atoms with Crippen LogP contribution in [0.1, 0.15) is 24.0 Å². The van der Waals surface area contributed by atoms with Gasteiger partial charge in [0, 0.05) is 18.7 Å². The van der Waals surface area contributed by atoms with Gasteiger partial charge in [0.2, 0.25) is 0 Å². The number of anilines is 1. The number of likely N-dealkylation sites (tertiary alicyclic amines) is 1. The number of H-pyrrole nitrogens is 1. The SMILES string of the molecule is COCCOc1nc(N)c2[nH]c(=O)n(Cc3cc(-c4ccc(CN5CCCC5)cc4)ccc3Cl)c2n1. The number of hydrogen-bond acceptors (Lipinski definition) is 7. The summed E-state index contributed by atoms with van der Waals surface area (Å²) in [6.07, 6.45) is 2.57. The van der Waals surface area contributed by atoms with Crippen LogP contribution in [0.25, 0.3) is 22.3 Å². The lowest BCUT2D eigenvalue weighted by Crippen LogP contribution is -2.18. The van der Waals surface area contributed by atoms with Crippen molar-refractivity contribution in [1.29, 1.82) is 0 Å². The summed E-state index contributed by atoms with van der Waals surface area (Å²) in [5.41, 5.74) is 10.6. The Morgan fingerprint density at radius 2 is 1.78 bits per heavy atom. The predicted octanol–water partition coefficient (Wildman–Crippen LogP) is 3.69. The molecule has 0 unspecified atom stereocenters. The number of halogens is 1. The minimum Gasteiger partial charge on any atom is -0.461 e. The number of nitrogens with one attached hydrogen (secondary N) is 1. The molecule has 36 heavy (non-hydrogen) atoms. The zero-order valence-electron chi connectivity index (χ0n) is 20.2. The van der Waals surface area contributed by atoms with Crippen LogP contribution < -0.4 is 16.2 Å². The molecule has 3 heterocycles. The summed E-state index contributed by atoms with van der Waals surface area (Å²) in [6, 6.07) is 14.5. The first-order chi connectivity index (χ1) is 17.5. The third kappa shape index (κ3) is 5.23. The maximum Gasteiger partial charge on any atom is 0.328 e. The Morgan fingerprint density at radius 1 is 1.03 bits per heavy atom. The highest BCUT2D eigenvalue weighted by atomic mass is 35.5. The van der Waals surface area contributed by atoms with Crippen LogP contribution in [-0.4, -0.2) is 57.8 Å². The normalized spacial score (nSPS) is 14.1. The Morgan fingerprint density at radius 3 is 2.53 bits per heavy atom. The van der Waals surface area contributed by atoms with Gasteiger partial charge in [-0.1, -0.05) is 41.9 Å². The molecule has 5 rings (SSSR count). The number of hydrogen-bond donors (Lipinski definition) is 2. The van der Waals surface area contributed by atoms with Gasteiger partial charge in [0.05, 0.1) is 13.2 Å². The topological polar surface area (TPSA) is 111 Å². The number of nitrogens with two attached hydrogens (primary N) is 1. The third-order valence-corrected chi connectivity index (χ3v) is 6.78. The highest BCUT2D eigenvalue weighted by Gasteiger charge is 2.17. The van der Waals surface area contributed by atoms with Gasteiger partial charge in [-0.15, -0.1) is 0 Å². The Bertz CT molecular complexity index is 1410. The second kappa shape index (κ2) is 10.7. The van der Waals surface area contributed by atoms with Crippen molar-refractivity contribution in [2.75, 3.05) is 39.1 Å². The van der Waals surface area contributed by atoms with Crippen LogP contribution in [0.4, 0.5) is 5.82 Å². The number of imidazole rings is 1. The van der Waals surface area contributed by atoms with Gasteiger partial charge in [0.25, 0.3) is 0 Å². The van der Waals surface area contributed by atoms with E-state index in [0.29, 0.717) is 22.8 Å². The van der Waals surface area contributed by atoms with E-state index in [9.17, 15) is 4.79 Å². The highest BCUT2D eigenvalue weighted by Crippen LogP contribution is 2.27. The van der Waals surface area contributed by atoms with Crippen LogP contribution >= 0.6 is 11.6 Å². The molecule has 1 saturated heterocycles. The standard InChI is InChI=1S/C26H29ClN6O3/c1-35-12-13-36-25-30-23(28)22-24(31-25)33(26(34)29-22)16-20-14-19(8-9-21(20)27)18-6-4-17(5-7-18)15-32-10-2-3-11-32/h4-9,14H,2-3,10-13,15-16H2,1H3,(H,29,34)(H2,28,30,31). The zero-order valence-corrected chi connectivity index (χ0v) is 20.9. The molecule has 0 spiro atoms. The van der Waals surface area contributed by atoms with Crippen LogP contribution in [0, 0.1) is 0 Å². The van der Waals surface area contributed by atoms with E-state index in [2.05, 4.69) is 44.1 Å². The fourth-order valence-electron chi connectivity index (χ4n) is 4.51. The van der Waals surface area contributed by atoms with Crippen molar-refractivity contribution in [3.63, 3.8) is 0 Å². The molecule has 2 aromatic heterocycles. The van der Waals surface area contributed by atoms with E-state index in [1.165, 1.54) is 36.1 Å². The molecule has 1 aliphatic heterocycles. The van der Waals surface area contributed by atoms with Gasteiger partial charge in [-0.2, -0.15) is 9.97 Å². The molecule has 1 fully saturated rings. The van der Waals surface area contributed by atoms with E-state index >= 15 is 0 Å². The quantitative estimate of drug-likeness (QED) is 0.332. The molecule has 2 aromatic carbocycles. The molecular formula is C26H29ClN6O3. The number of nitrogen functional groups attached to an aromatic ring is 1. The Labute approximate surface area is 213 Å². The molecule has 188 valence electrons. The molecule has 3 N–H and O–H groups in total. The van der Waals surface area contributed by atoms with Crippen LogP contribution in [0.15, 0.2) is 47.3 Å². The van der Waals surface area contributed by atoms with E-state index in [4.69, 9.17) is 26.8 Å². The summed E-state index contributed by atoms with van der Waals surface area (Å²) >= 11 is 6.54. The van der Waals surface area contributed by atoms with Crippen molar-refractivity contribution in [2.24, 2.45) is 0 Å². The summed E-state index contributed by atoms with van der Waals surface area (Å²) < 4.78 is 12.0. The summed E-state index contributed by atoms with van der Waals surface area (Å²) in [7, 11) is 1.58. The van der Waals surface area contributed by atoms with E-state index in [-0.39, 0.29) is 30.7 Å². The van der Waals surface area contributed by atoms with Crippen LogP contribution in [0.5, 0.6) is 6.01 Å². The lowest BCUT2D eigenvalue weighted by atomic mass is 10.0. The van der Waals surface area contributed by atoms with Crippen LogP contribution in [0.2, 0.25) is 5.02 Å². The van der Waals surface area contributed by atoms with Crippen molar-refractivity contribution in [3.05, 3.63) is 69.1 Å². The van der Waals surface area contributed by atoms with Crippen molar-refractivity contribution >= 4 is 28.6 Å². The molecule has 0 bridgehead atoms. The molecule has 0 saturated carbocycles. The van der Waals surface area contributed by atoms with E-state index in [1.807, 2.05) is 18.2 Å². The van der Waals surface area contributed by atoms with E-state index in [1.54, 1.807) is 7.11 Å². The monoisotopic (exact) mass is 508 g/mol. The van der Waals surface area contributed by atoms with Crippen molar-refractivity contribution < 1.29 is 9.47 Å². The molecular weight excluding hydrogens is 480 g/mol. The fourth-order valence-corrected chi connectivity index (χ4v) is 4.68. The van der Waals surface area contributed by atoms with E-state index in [0.717, 1.165) is 23.2 Å². The minimum absolute atomic E-state index is 0.0821. The Balaban J connectivity index is 1.41. The van der Waals surface area contributed by atoms with Gasteiger partial charge in [0.15, 0.2) is 11.5 Å². The summed E-state index contributed by atoms with van der Waals surface area (Å²) in [6.45, 7) is 4.19. The molecule has 0 aliphatic carbocycles. The molecule has 0 atom stereocenters. The molecule has 1 aliphatic rings. The first-order valence-corrected chi connectivity index (χ1v) is 12.4. The first-order valence-electron chi connectivity index (χ1n) is 12.0. The third-order valence-electron chi connectivity index (χ3n) is 6.42. The van der Waals surface area contributed by atoms with Crippen molar-refractivity contribution in [2.45, 2.75) is 25.9 Å². The molecule has 0 amide bonds. The average Bonchev–Trinajstić information content (AvgIpc) is 3.49. The Kier molecular flexibility index (Phi) is 7.22. The average molecular weight is 509 g/mol. The van der Waals surface area contributed by atoms with Gasteiger partial charge in [-0.25, -0.2) is 4.79 Å². The number of rotatable bonds is 9. The smallest absolute Gasteiger partial charge is 0.328 e. The highest BCUT2D eigenvalue weighted by molar-refractivity contribution is 6.31. The molecule has 9 nitrogen and oxygen atoms in total.